The highest BCUT2D eigenvalue weighted by molar-refractivity contribution is 5.91. The number of benzene rings is 2. The lowest BCUT2D eigenvalue weighted by Gasteiger charge is -2.10. The number of carbonyl (C=O) groups excluding carboxylic acids is 1. The van der Waals surface area contributed by atoms with Crippen LogP contribution in [0.4, 0.5) is 0 Å². The lowest BCUT2D eigenvalue weighted by atomic mass is 10.1. The van der Waals surface area contributed by atoms with E-state index in [0.717, 1.165) is 28.8 Å². The minimum Gasteiger partial charge on any atom is -0.464 e. The second kappa shape index (κ2) is 9.40. The monoisotopic (exact) mass is 417 g/mol. The Labute approximate surface area is 180 Å². The predicted octanol–water partition coefficient (Wildman–Crippen LogP) is 5.06. The number of fused-ring (bicyclic) bond motifs is 1. The van der Waals surface area contributed by atoms with Gasteiger partial charge in [-0.2, -0.15) is 5.10 Å². The fourth-order valence-corrected chi connectivity index (χ4v) is 3.19. The minimum atomic E-state index is -0.458. The van der Waals surface area contributed by atoms with Crippen molar-refractivity contribution in [2.75, 3.05) is 13.7 Å². The summed E-state index contributed by atoms with van der Waals surface area (Å²) >= 11 is 0. The van der Waals surface area contributed by atoms with Crippen molar-refractivity contribution in [1.29, 1.82) is 0 Å². The van der Waals surface area contributed by atoms with Crippen molar-refractivity contribution in [1.82, 2.24) is 14.8 Å². The molecule has 2 aromatic heterocycles. The van der Waals surface area contributed by atoms with E-state index in [1.807, 2.05) is 59.3 Å². The quantitative estimate of drug-likeness (QED) is 0.295. The zero-order valence-electron chi connectivity index (χ0n) is 17.4. The zero-order chi connectivity index (χ0) is 21.6. The second-order valence-corrected chi connectivity index (χ2v) is 6.92. The molecular formula is C24H23N3O4. The number of methoxy groups -OCH3 is 1. The molecule has 0 atom stereocenters. The molecule has 0 bridgehead atoms. The Morgan fingerprint density at radius 1 is 1.00 bits per heavy atom. The Balaban J connectivity index is 1.48. The Morgan fingerprint density at radius 3 is 2.58 bits per heavy atom. The highest BCUT2D eigenvalue weighted by Crippen LogP contribution is 2.28. The van der Waals surface area contributed by atoms with Crippen LogP contribution in [0.15, 0.2) is 66.9 Å². The van der Waals surface area contributed by atoms with Gasteiger partial charge in [0, 0.05) is 23.8 Å². The fraction of sp³-hybridized carbons (Fsp3) is 0.208. The Morgan fingerprint density at radius 2 is 1.81 bits per heavy atom. The number of carbonyl (C=O) groups is 1. The molecule has 0 fully saturated rings. The maximum atomic E-state index is 11.6. The number of hydrogen-bond donors (Lipinski definition) is 0. The molecule has 0 spiro atoms. The first kappa shape index (κ1) is 20.6. The van der Waals surface area contributed by atoms with Crippen LogP contribution in [-0.2, 0) is 16.2 Å². The third-order valence-corrected chi connectivity index (χ3v) is 4.72. The van der Waals surface area contributed by atoms with Crippen LogP contribution in [0.2, 0.25) is 0 Å². The van der Waals surface area contributed by atoms with Crippen molar-refractivity contribution in [2.45, 2.75) is 20.1 Å². The van der Waals surface area contributed by atoms with Crippen molar-refractivity contribution in [2.24, 2.45) is 0 Å². The van der Waals surface area contributed by atoms with Crippen LogP contribution in [0.3, 0.4) is 0 Å². The summed E-state index contributed by atoms with van der Waals surface area (Å²) in [5.41, 5.74) is 2.99. The average molecular weight is 417 g/mol. The summed E-state index contributed by atoms with van der Waals surface area (Å²) in [6.45, 7) is 3.21. The molecule has 0 unspecified atom stereocenters. The summed E-state index contributed by atoms with van der Waals surface area (Å²) in [6.07, 6.45) is 2.74. The fourth-order valence-electron chi connectivity index (χ4n) is 3.19. The summed E-state index contributed by atoms with van der Waals surface area (Å²) in [5, 5.41) is 5.20. The summed E-state index contributed by atoms with van der Waals surface area (Å²) in [4.78, 5) is 16.0. The smallest absolute Gasteiger partial charge is 0.356 e. The highest BCUT2D eigenvalue weighted by atomic mass is 16.5. The van der Waals surface area contributed by atoms with Crippen LogP contribution in [0, 0.1) is 0 Å². The van der Waals surface area contributed by atoms with E-state index in [-0.39, 0.29) is 5.69 Å². The third-order valence-electron chi connectivity index (χ3n) is 4.72. The molecule has 7 heteroatoms. The number of esters is 1. The summed E-state index contributed by atoms with van der Waals surface area (Å²) in [5.74, 6) is 0.946. The van der Waals surface area contributed by atoms with E-state index in [4.69, 9.17) is 14.2 Å². The van der Waals surface area contributed by atoms with Crippen molar-refractivity contribution in [3.8, 4) is 22.8 Å². The molecule has 0 N–H and O–H groups in total. The van der Waals surface area contributed by atoms with E-state index in [0.29, 0.717) is 24.6 Å². The molecule has 0 saturated heterocycles. The van der Waals surface area contributed by atoms with E-state index in [9.17, 15) is 4.79 Å². The van der Waals surface area contributed by atoms with Gasteiger partial charge in [0.2, 0.25) is 0 Å². The predicted molar refractivity (Wildman–Crippen MR) is 117 cm³/mol. The molecule has 2 aromatic carbocycles. The van der Waals surface area contributed by atoms with E-state index in [1.165, 1.54) is 7.11 Å². The molecule has 0 aliphatic rings. The largest absolute Gasteiger partial charge is 0.464 e. The van der Waals surface area contributed by atoms with Gasteiger partial charge in [-0.25, -0.2) is 14.5 Å². The lowest BCUT2D eigenvalue weighted by Crippen LogP contribution is -2.06. The molecule has 2 heterocycles. The SMILES string of the molecule is CCCOCn1nccc1-c1ccc(Oc2ccc3nc(C(=O)OC)ccc3c2)cc1. The summed E-state index contributed by atoms with van der Waals surface area (Å²) < 4.78 is 18.2. The standard InChI is InChI=1S/C24H23N3O4/c1-3-14-30-16-27-23(12-13-25-27)17-4-7-19(8-5-17)31-20-9-11-21-18(15-20)6-10-22(26-21)24(28)29-2/h4-13,15H,3,14,16H2,1-2H3. The zero-order valence-corrected chi connectivity index (χ0v) is 17.4. The van der Waals surface area contributed by atoms with E-state index >= 15 is 0 Å². The van der Waals surface area contributed by atoms with Gasteiger partial charge in [-0.15, -0.1) is 0 Å². The molecule has 0 aliphatic carbocycles. The van der Waals surface area contributed by atoms with E-state index < -0.39 is 5.97 Å². The Kier molecular flexibility index (Phi) is 6.24. The van der Waals surface area contributed by atoms with Crippen molar-refractivity contribution < 1.29 is 19.0 Å². The van der Waals surface area contributed by atoms with Crippen LogP contribution in [-0.4, -0.2) is 34.5 Å². The number of rotatable bonds is 8. The van der Waals surface area contributed by atoms with Gasteiger partial charge in [0.1, 0.15) is 23.9 Å². The van der Waals surface area contributed by atoms with Crippen molar-refractivity contribution in [3.63, 3.8) is 0 Å². The molecule has 4 rings (SSSR count). The number of hydrogen-bond acceptors (Lipinski definition) is 6. The lowest BCUT2D eigenvalue weighted by molar-refractivity contribution is 0.0594. The number of ether oxygens (including phenoxy) is 3. The highest BCUT2D eigenvalue weighted by Gasteiger charge is 2.09. The van der Waals surface area contributed by atoms with Gasteiger partial charge in [0.05, 0.1) is 18.3 Å². The number of aromatic nitrogens is 3. The van der Waals surface area contributed by atoms with E-state index in [1.54, 1.807) is 12.3 Å². The first-order valence-electron chi connectivity index (χ1n) is 10.0. The van der Waals surface area contributed by atoms with Crippen molar-refractivity contribution >= 4 is 16.9 Å². The molecule has 0 amide bonds. The van der Waals surface area contributed by atoms with Gasteiger partial charge in [0.15, 0.2) is 0 Å². The number of nitrogens with zero attached hydrogens (tertiary/aromatic N) is 3. The molecule has 0 saturated carbocycles. The molecule has 7 nitrogen and oxygen atoms in total. The molecule has 0 aliphatic heterocycles. The van der Waals surface area contributed by atoms with E-state index in [2.05, 4.69) is 17.0 Å². The first-order chi connectivity index (χ1) is 15.2. The average Bonchev–Trinajstić information content (AvgIpc) is 3.27. The van der Waals surface area contributed by atoms with Crippen LogP contribution >= 0.6 is 0 Å². The van der Waals surface area contributed by atoms with Gasteiger partial charge in [-0.05, 0) is 61.0 Å². The molecule has 4 aromatic rings. The van der Waals surface area contributed by atoms with Gasteiger partial charge < -0.3 is 14.2 Å². The van der Waals surface area contributed by atoms with Gasteiger partial charge >= 0.3 is 5.97 Å². The van der Waals surface area contributed by atoms with Gasteiger partial charge in [-0.3, -0.25) is 0 Å². The topological polar surface area (TPSA) is 75.5 Å². The maximum absolute atomic E-state index is 11.6. The summed E-state index contributed by atoms with van der Waals surface area (Å²) in [7, 11) is 1.34. The van der Waals surface area contributed by atoms with Crippen LogP contribution < -0.4 is 4.74 Å². The van der Waals surface area contributed by atoms with Gasteiger partial charge in [0.25, 0.3) is 0 Å². The van der Waals surface area contributed by atoms with Crippen LogP contribution in [0.25, 0.3) is 22.2 Å². The van der Waals surface area contributed by atoms with Gasteiger partial charge in [-0.1, -0.05) is 13.0 Å². The molecule has 31 heavy (non-hydrogen) atoms. The third kappa shape index (κ3) is 4.73. The number of pyridine rings is 1. The molecule has 158 valence electrons. The summed E-state index contributed by atoms with van der Waals surface area (Å²) in [6, 6.07) is 18.8. The first-order valence-corrected chi connectivity index (χ1v) is 10.0. The minimum absolute atomic E-state index is 0.276. The maximum Gasteiger partial charge on any atom is 0.356 e. The van der Waals surface area contributed by atoms with Crippen LogP contribution in [0.5, 0.6) is 11.5 Å². The van der Waals surface area contributed by atoms with Crippen molar-refractivity contribution in [3.05, 3.63) is 72.6 Å². The second-order valence-electron chi connectivity index (χ2n) is 6.92. The Hall–Kier alpha value is -3.71. The Bertz CT molecular complexity index is 1190. The molecule has 0 radical (unpaired) electrons. The van der Waals surface area contributed by atoms with Crippen LogP contribution in [0.1, 0.15) is 23.8 Å². The normalized spacial score (nSPS) is 10.9. The molecular weight excluding hydrogens is 394 g/mol.